The second kappa shape index (κ2) is 8.29. The summed E-state index contributed by atoms with van der Waals surface area (Å²) in [7, 11) is 0. The molecule has 0 bridgehead atoms. The lowest BCUT2D eigenvalue weighted by atomic mass is 10.0. The first-order chi connectivity index (χ1) is 9.56. The molecule has 0 radical (unpaired) electrons. The Bertz CT molecular complexity index is 436. The molecular formula is C14H20N2O4. The molecule has 1 aromatic rings. The van der Waals surface area contributed by atoms with E-state index >= 15 is 0 Å². The van der Waals surface area contributed by atoms with Gasteiger partial charge in [0.05, 0.1) is 0 Å². The van der Waals surface area contributed by atoms with Crippen LogP contribution in [0.2, 0.25) is 0 Å². The van der Waals surface area contributed by atoms with Crippen molar-refractivity contribution >= 4 is 11.9 Å². The van der Waals surface area contributed by atoms with E-state index in [1.165, 1.54) is 0 Å². The van der Waals surface area contributed by atoms with Crippen molar-refractivity contribution in [3.8, 4) is 0 Å². The van der Waals surface area contributed by atoms with Crippen LogP contribution in [-0.4, -0.2) is 34.7 Å². The van der Waals surface area contributed by atoms with Crippen molar-refractivity contribution in [2.24, 2.45) is 5.73 Å². The van der Waals surface area contributed by atoms with Gasteiger partial charge in [-0.3, -0.25) is 14.9 Å². The molecule has 0 heterocycles. The van der Waals surface area contributed by atoms with Crippen molar-refractivity contribution < 1.29 is 19.8 Å². The molecule has 0 amide bonds. The van der Waals surface area contributed by atoms with Gasteiger partial charge in [-0.15, -0.1) is 0 Å². The highest BCUT2D eigenvalue weighted by Crippen LogP contribution is 2.15. The van der Waals surface area contributed by atoms with Gasteiger partial charge in [0, 0.05) is 0 Å². The third kappa shape index (κ3) is 4.99. The van der Waals surface area contributed by atoms with Crippen molar-refractivity contribution in [3.05, 3.63) is 35.9 Å². The molecule has 1 aromatic carbocycles. The molecule has 0 fully saturated rings. The van der Waals surface area contributed by atoms with Crippen LogP contribution in [0.15, 0.2) is 30.3 Å². The Hall–Kier alpha value is -1.92. The number of carbonyl (C=O) groups is 2. The molecule has 1 rings (SSSR count). The van der Waals surface area contributed by atoms with Crippen LogP contribution >= 0.6 is 0 Å². The average Bonchev–Trinajstić information content (AvgIpc) is 2.43. The van der Waals surface area contributed by atoms with E-state index in [4.69, 9.17) is 10.8 Å². The molecule has 110 valence electrons. The van der Waals surface area contributed by atoms with Crippen molar-refractivity contribution in [2.75, 3.05) is 6.54 Å². The minimum Gasteiger partial charge on any atom is -0.480 e. The van der Waals surface area contributed by atoms with Crippen molar-refractivity contribution in [2.45, 2.75) is 31.3 Å². The van der Waals surface area contributed by atoms with Gasteiger partial charge in [0.1, 0.15) is 12.1 Å². The summed E-state index contributed by atoms with van der Waals surface area (Å²) < 4.78 is 0. The van der Waals surface area contributed by atoms with Gasteiger partial charge in [-0.2, -0.15) is 0 Å². The molecule has 0 aliphatic heterocycles. The molecule has 6 heteroatoms. The molecule has 0 aromatic heterocycles. The molecule has 0 saturated heterocycles. The fourth-order valence-corrected chi connectivity index (χ4v) is 1.93. The average molecular weight is 280 g/mol. The van der Waals surface area contributed by atoms with E-state index in [2.05, 4.69) is 5.32 Å². The summed E-state index contributed by atoms with van der Waals surface area (Å²) in [6, 6.07) is 6.60. The minimum absolute atomic E-state index is 0.350. The molecule has 0 aliphatic carbocycles. The number of hydrogen-bond donors (Lipinski definition) is 4. The van der Waals surface area contributed by atoms with E-state index in [1.807, 2.05) is 0 Å². The number of nitrogens with two attached hydrogens (primary N) is 1. The molecule has 20 heavy (non-hydrogen) atoms. The molecule has 5 N–H and O–H groups in total. The fraction of sp³-hybridized carbons (Fsp3) is 0.429. The maximum Gasteiger partial charge on any atom is 0.325 e. The number of benzene rings is 1. The maximum atomic E-state index is 11.3. The number of hydrogen-bond acceptors (Lipinski definition) is 4. The first-order valence-corrected chi connectivity index (χ1v) is 6.53. The highest BCUT2D eigenvalue weighted by molar-refractivity contribution is 5.78. The second-order valence-corrected chi connectivity index (χ2v) is 4.52. The predicted molar refractivity (Wildman–Crippen MR) is 74.3 cm³/mol. The van der Waals surface area contributed by atoms with Crippen LogP contribution in [-0.2, 0) is 9.59 Å². The second-order valence-electron chi connectivity index (χ2n) is 4.52. The smallest absolute Gasteiger partial charge is 0.325 e. The lowest BCUT2D eigenvalue weighted by Crippen LogP contribution is -2.42. The SMILES string of the molecule is NCCCC[C@H](NC(C(=O)O)c1ccccc1)C(=O)O. The monoisotopic (exact) mass is 280 g/mol. The van der Waals surface area contributed by atoms with Crippen molar-refractivity contribution in [1.29, 1.82) is 0 Å². The Kier molecular flexibility index (Phi) is 6.69. The Labute approximate surface area is 117 Å². The first-order valence-electron chi connectivity index (χ1n) is 6.53. The van der Waals surface area contributed by atoms with Gasteiger partial charge in [-0.1, -0.05) is 36.8 Å². The van der Waals surface area contributed by atoms with Crippen LogP contribution in [0.4, 0.5) is 0 Å². The number of carboxylic acids is 2. The van der Waals surface area contributed by atoms with E-state index in [1.54, 1.807) is 30.3 Å². The first kappa shape index (κ1) is 16.1. The maximum absolute atomic E-state index is 11.3. The Balaban J connectivity index is 2.76. The molecular weight excluding hydrogens is 260 g/mol. The van der Waals surface area contributed by atoms with Gasteiger partial charge in [0.2, 0.25) is 0 Å². The normalized spacial score (nSPS) is 13.7. The fourth-order valence-electron chi connectivity index (χ4n) is 1.93. The van der Waals surface area contributed by atoms with Crippen LogP contribution in [0.3, 0.4) is 0 Å². The summed E-state index contributed by atoms with van der Waals surface area (Å²) in [4.78, 5) is 22.5. The van der Waals surface area contributed by atoms with Gasteiger partial charge < -0.3 is 15.9 Å². The van der Waals surface area contributed by atoms with E-state index in [0.717, 1.165) is 0 Å². The van der Waals surface area contributed by atoms with Crippen LogP contribution < -0.4 is 11.1 Å². The van der Waals surface area contributed by atoms with Gasteiger partial charge in [0.25, 0.3) is 0 Å². The summed E-state index contributed by atoms with van der Waals surface area (Å²) in [6.07, 6.45) is 1.71. The zero-order valence-electron chi connectivity index (χ0n) is 11.2. The zero-order valence-corrected chi connectivity index (χ0v) is 11.2. The number of nitrogens with one attached hydrogen (secondary N) is 1. The van der Waals surface area contributed by atoms with Crippen LogP contribution in [0.25, 0.3) is 0 Å². The molecule has 0 aliphatic rings. The summed E-state index contributed by atoms with van der Waals surface area (Å²) in [5, 5.41) is 21.1. The molecule has 2 atom stereocenters. The lowest BCUT2D eigenvalue weighted by molar-refractivity contribution is -0.142. The van der Waals surface area contributed by atoms with E-state index < -0.39 is 24.0 Å². The van der Waals surface area contributed by atoms with E-state index in [-0.39, 0.29) is 0 Å². The van der Waals surface area contributed by atoms with Gasteiger partial charge in [-0.25, -0.2) is 0 Å². The largest absolute Gasteiger partial charge is 0.480 e. The number of rotatable bonds is 9. The summed E-state index contributed by atoms with van der Waals surface area (Å²) in [5.74, 6) is -2.15. The highest BCUT2D eigenvalue weighted by Gasteiger charge is 2.26. The quantitative estimate of drug-likeness (QED) is 0.502. The van der Waals surface area contributed by atoms with Crippen molar-refractivity contribution in [3.63, 3.8) is 0 Å². The lowest BCUT2D eigenvalue weighted by Gasteiger charge is -2.20. The topological polar surface area (TPSA) is 113 Å². The van der Waals surface area contributed by atoms with Crippen molar-refractivity contribution in [1.82, 2.24) is 5.32 Å². The van der Waals surface area contributed by atoms with E-state index in [9.17, 15) is 14.7 Å². The van der Waals surface area contributed by atoms with E-state index in [0.29, 0.717) is 31.4 Å². The third-order valence-electron chi connectivity index (χ3n) is 2.99. The summed E-state index contributed by atoms with van der Waals surface area (Å²) in [5.41, 5.74) is 5.90. The summed E-state index contributed by atoms with van der Waals surface area (Å²) in [6.45, 7) is 0.493. The minimum atomic E-state index is -1.10. The predicted octanol–water partition coefficient (Wildman–Crippen LogP) is 0.984. The zero-order chi connectivity index (χ0) is 15.0. The Morgan fingerprint density at radius 2 is 1.75 bits per heavy atom. The number of carboxylic acid groups (broad SMARTS) is 2. The van der Waals surface area contributed by atoms with Crippen LogP contribution in [0.5, 0.6) is 0 Å². The van der Waals surface area contributed by atoms with Gasteiger partial charge in [0.15, 0.2) is 0 Å². The Morgan fingerprint density at radius 3 is 2.25 bits per heavy atom. The van der Waals surface area contributed by atoms with Gasteiger partial charge >= 0.3 is 11.9 Å². The highest BCUT2D eigenvalue weighted by atomic mass is 16.4. The molecule has 6 nitrogen and oxygen atoms in total. The van der Waals surface area contributed by atoms with Crippen LogP contribution in [0.1, 0.15) is 30.9 Å². The Morgan fingerprint density at radius 1 is 1.10 bits per heavy atom. The molecule has 1 unspecified atom stereocenters. The third-order valence-corrected chi connectivity index (χ3v) is 2.99. The number of aliphatic carboxylic acids is 2. The van der Waals surface area contributed by atoms with Crippen LogP contribution in [0, 0.1) is 0 Å². The summed E-state index contributed by atoms with van der Waals surface area (Å²) >= 11 is 0. The van der Waals surface area contributed by atoms with Gasteiger partial charge in [-0.05, 0) is 24.9 Å². The standard InChI is InChI=1S/C14H20N2O4/c15-9-5-4-8-11(13(17)18)16-12(14(19)20)10-6-2-1-3-7-10/h1-3,6-7,11-12,16H,4-5,8-9,15H2,(H,17,18)(H,19,20)/t11-,12?/m0/s1. The number of unbranched alkanes of at least 4 members (excludes halogenated alkanes) is 1. The molecule has 0 spiro atoms. The molecule has 0 saturated carbocycles.